The highest BCUT2D eigenvalue weighted by Crippen LogP contribution is 2.21. The van der Waals surface area contributed by atoms with Crippen LogP contribution in [0, 0.1) is 5.92 Å². The van der Waals surface area contributed by atoms with Gasteiger partial charge in [-0.2, -0.15) is 0 Å². The lowest BCUT2D eigenvalue weighted by Crippen LogP contribution is -2.42. The van der Waals surface area contributed by atoms with Gasteiger partial charge in [-0.05, 0) is 30.7 Å². The maximum Gasteiger partial charge on any atom is 0.323 e. The number of hydrogen-bond acceptors (Lipinski definition) is 3. The fourth-order valence-corrected chi connectivity index (χ4v) is 2.09. The van der Waals surface area contributed by atoms with Gasteiger partial charge in [-0.15, -0.1) is 0 Å². The Morgan fingerprint density at radius 1 is 1.35 bits per heavy atom. The van der Waals surface area contributed by atoms with Gasteiger partial charge in [0, 0.05) is 17.3 Å². The van der Waals surface area contributed by atoms with Crippen molar-refractivity contribution in [1.82, 2.24) is 0 Å². The average molecular weight is 299 g/mol. The number of halogens is 1. The van der Waals surface area contributed by atoms with Gasteiger partial charge in [0.25, 0.3) is 0 Å². The van der Waals surface area contributed by atoms with Gasteiger partial charge in [-0.1, -0.05) is 24.9 Å². The minimum atomic E-state index is -1.07. The second-order valence-corrected chi connectivity index (χ2v) is 4.95. The molecule has 1 unspecified atom stereocenters. The molecule has 1 aromatic rings. The second-order valence-electron chi connectivity index (χ2n) is 4.52. The zero-order valence-corrected chi connectivity index (χ0v) is 12.1. The van der Waals surface area contributed by atoms with Crippen molar-refractivity contribution in [3.05, 3.63) is 29.3 Å². The minimum absolute atomic E-state index is 0.205. The standard InChI is InChI=1S/C14H19ClN2O3/c1-2-3-10(8-16)14(20)17(9-13(18)19)12-6-4-11(15)5-7-12/h4-7,10H,2-3,8-9,16H2,1H3,(H,18,19). The molecule has 110 valence electrons. The molecule has 0 spiro atoms. The maximum atomic E-state index is 12.4. The van der Waals surface area contributed by atoms with Crippen molar-refractivity contribution in [3.8, 4) is 0 Å². The van der Waals surface area contributed by atoms with E-state index in [0.717, 1.165) is 6.42 Å². The van der Waals surface area contributed by atoms with Crippen LogP contribution in [0.4, 0.5) is 5.69 Å². The van der Waals surface area contributed by atoms with Crippen LogP contribution in [-0.2, 0) is 9.59 Å². The van der Waals surface area contributed by atoms with E-state index in [1.165, 1.54) is 4.90 Å². The van der Waals surface area contributed by atoms with Crippen molar-refractivity contribution in [2.45, 2.75) is 19.8 Å². The molecule has 5 nitrogen and oxygen atoms in total. The van der Waals surface area contributed by atoms with E-state index in [0.29, 0.717) is 17.1 Å². The van der Waals surface area contributed by atoms with Gasteiger partial charge in [-0.25, -0.2) is 0 Å². The van der Waals surface area contributed by atoms with Gasteiger partial charge < -0.3 is 15.7 Å². The Morgan fingerprint density at radius 2 is 1.95 bits per heavy atom. The summed E-state index contributed by atoms with van der Waals surface area (Å²) < 4.78 is 0. The minimum Gasteiger partial charge on any atom is -0.480 e. The molecule has 0 aliphatic rings. The first-order valence-corrected chi connectivity index (χ1v) is 6.86. The van der Waals surface area contributed by atoms with Gasteiger partial charge in [0.15, 0.2) is 0 Å². The molecule has 0 fully saturated rings. The van der Waals surface area contributed by atoms with Gasteiger partial charge >= 0.3 is 5.97 Å². The lowest BCUT2D eigenvalue weighted by atomic mass is 10.0. The third kappa shape index (κ3) is 4.51. The van der Waals surface area contributed by atoms with Crippen molar-refractivity contribution in [2.24, 2.45) is 11.7 Å². The molecule has 3 N–H and O–H groups in total. The summed E-state index contributed by atoms with van der Waals surface area (Å²) in [7, 11) is 0. The van der Waals surface area contributed by atoms with Crippen molar-refractivity contribution in [2.75, 3.05) is 18.0 Å². The predicted molar refractivity (Wildman–Crippen MR) is 78.9 cm³/mol. The SMILES string of the molecule is CCCC(CN)C(=O)N(CC(=O)O)c1ccc(Cl)cc1. The molecule has 20 heavy (non-hydrogen) atoms. The van der Waals surface area contributed by atoms with Crippen LogP contribution in [0.25, 0.3) is 0 Å². The molecule has 0 bridgehead atoms. The molecule has 6 heteroatoms. The molecule has 1 atom stereocenters. The number of rotatable bonds is 7. The van der Waals surface area contributed by atoms with Crippen molar-refractivity contribution in [3.63, 3.8) is 0 Å². The van der Waals surface area contributed by atoms with Crippen LogP contribution in [0.15, 0.2) is 24.3 Å². The molecule has 0 aliphatic heterocycles. The summed E-state index contributed by atoms with van der Waals surface area (Å²) in [6, 6.07) is 6.50. The number of amides is 1. The Labute approximate surface area is 123 Å². The number of nitrogens with two attached hydrogens (primary N) is 1. The number of carboxylic acid groups (broad SMARTS) is 1. The van der Waals surface area contributed by atoms with E-state index in [4.69, 9.17) is 22.4 Å². The Morgan fingerprint density at radius 3 is 2.40 bits per heavy atom. The summed E-state index contributed by atoms with van der Waals surface area (Å²) in [5.41, 5.74) is 6.13. The highest BCUT2D eigenvalue weighted by atomic mass is 35.5. The van der Waals surface area contributed by atoms with E-state index in [1.807, 2.05) is 6.92 Å². The van der Waals surface area contributed by atoms with Crippen molar-refractivity contribution < 1.29 is 14.7 Å². The summed E-state index contributed by atoms with van der Waals surface area (Å²) in [6.07, 6.45) is 1.45. The number of aliphatic carboxylic acids is 1. The lowest BCUT2D eigenvalue weighted by Gasteiger charge is -2.25. The smallest absolute Gasteiger partial charge is 0.323 e. The molecule has 1 rings (SSSR count). The van der Waals surface area contributed by atoms with Crippen LogP contribution in [0.3, 0.4) is 0 Å². The molecule has 0 aliphatic carbocycles. The van der Waals surface area contributed by atoms with Crippen LogP contribution >= 0.6 is 11.6 Å². The van der Waals surface area contributed by atoms with Crippen LogP contribution < -0.4 is 10.6 Å². The summed E-state index contributed by atoms with van der Waals surface area (Å²) in [4.78, 5) is 24.6. The number of anilines is 1. The molecule has 0 aromatic heterocycles. The molecule has 0 radical (unpaired) electrons. The van der Waals surface area contributed by atoms with E-state index in [1.54, 1.807) is 24.3 Å². The predicted octanol–water partition coefficient (Wildman–Crippen LogP) is 2.13. The van der Waals surface area contributed by atoms with E-state index in [9.17, 15) is 9.59 Å². The largest absolute Gasteiger partial charge is 0.480 e. The Balaban J connectivity index is 3.01. The summed E-state index contributed by atoms with van der Waals surface area (Å²) >= 11 is 5.80. The van der Waals surface area contributed by atoms with Crippen molar-refractivity contribution >= 4 is 29.2 Å². The summed E-state index contributed by atoms with van der Waals surface area (Å²) in [6.45, 7) is 1.77. The maximum absolute atomic E-state index is 12.4. The number of carboxylic acids is 1. The van der Waals surface area contributed by atoms with Crippen LogP contribution in [0.1, 0.15) is 19.8 Å². The first kappa shape index (κ1) is 16.5. The lowest BCUT2D eigenvalue weighted by molar-refractivity contribution is -0.137. The van der Waals surface area contributed by atoms with Gasteiger partial charge in [0.1, 0.15) is 6.54 Å². The first-order chi connectivity index (χ1) is 9.49. The highest BCUT2D eigenvalue weighted by Gasteiger charge is 2.25. The Bertz CT molecular complexity index is 462. The zero-order chi connectivity index (χ0) is 15.1. The number of carbonyl (C=O) groups is 2. The Hall–Kier alpha value is -1.59. The van der Waals surface area contributed by atoms with Gasteiger partial charge in [0.2, 0.25) is 5.91 Å². The number of nitrogens with zero attached hydrogens (tertiary/aromatic N) is 1. The Kier molecular flexibility index (Phi) is 6.48. The van der Waals surface area contributed by atoms with Crippen molar-refractivity contribution in [1.29, 1.82) is 0 Å². The van der Waals surface area contributed by atoms with Crippen LogP contribution in [0.2, 0.25) is 5.02 Å². The average Bonchev–Trinajstić information content (AvgIpc) is 2.42. The normalized spacial score (nSPS) is 11.9. The summed E-state index contributed by atoms with van der Waals surface area (Å²) in [5, 5.41) is 9.51. The fourth-order valence-electron chi connectivity index (χ4n) is 1.96. The number of hydrogen-bond donors (Lipinski definition) is 2. The van der Waals surface area contributed by atoms with E-state index in [2.05, 4.69) is 0 Å². The molecule has 0 heterocycles. The molecule has 0 saturated heterocycles. The topological polar surface area (TPSA) is 83.6 Å². The molecular weight excluding hydrogens is 280 g/mol. The van der Waals surface area contributed by atoms with Gasteiger partial charge in [0.05, 0.1) is 5.92 Å². The van der Waals surface area contributed by atoms with Gasteiger partial charge in [-0.3, -0.25) is 9.59 Å². The third-order valence-electron chi connectivity index (χ3n) is 2.97. The first-order valence-electron chi connectivity index (χ1n) is 6.48. The molecule has 1 aromatic carbocycles. The monoisotopic (exact) mass is 298 g/mol. The third-order valence-corrected chi connectivity index (χ3v) is 3.22. The van der Waals surface area contributed by atoms with Crippen LogP contribution in [-0.4, -0.2) is 30.1 Å². The fraction of sp³-hybridized carbons (Fsp3) is 0.429. The molecule has 0 saturated carbocycles. The number of carbonyl (C=O) groups excluding carboxylic acids is 1. The molecular formula is C14H19ClN2O3. The summed E-state index contributed by atoms with van der Waals surface area (Å²) in [5.74, 6) is -1.70. The van der Waals surface area contributed by atoms with E-state index >= 15 is 0 Å². The quantitative estimate of drug-likeness (QED) is 0.808. The molecule has 1 amide bonds. The van der Waals surface area contributed by atoms with E-state index in [-0.39, 0.29) is 24.9 Å². The highest BCUT2D eigenvalue weighted by molar-refractivity contribution is 6.30. The van der Waals surface area contributed by atoms with Crippen LogP contribution in [0.5, 0.6) is 0 Å². The second kappa shape index (κ2) is 7.87. The zero-order valence-electron chi connectivity index (χ0n) is 11.4. The number of benzene rings is 1. The van der Waals surface area contributed by atoms with E-state index < -0.39 is 5.97 Å².